The van der Waals surface area contributed by atoms with E-state index >= 15 is 0 Å². The van der Waals surface area contributed by atoms with E-state index in [0.29, 0.717) is 17.9 Å². The number of benzene rings is 2. The van der Waals surface area contributed by atoms with Crippen molar-refractivity contribution in [3.05, 3.63) is 53.1 Å². The Morgan fingerprint density at radius 3 is 2.43 bits per heavy atom. The molecule has 23 heavy (non-hydrogen) atoms. The molecule has 1 spiro atoms. The van der Waals surface area contributed by atoms with E-state index in [4.69, 9.17) is 11.6 Å². The Morgan fingerprint density at radius 1 is 0.957 bits per heavy atom. The third-order valence-electron chi connectivity index (χ3n) is 5.09. The highest BCUT2D eigenvalue weighted by atomic mass is 35.5. The van der Waals surface area contributed by atoms with Gasteiger partial charge < -0.3 is 0 Å². The van der Waals surface area contributed by atoms with Crippen LogP contribution < -0.4 is 4.72 Å². The summed E-state index contributed by atoms with van der Waals surface area (Å²) in [7, 11) is -3.35. The summed E-state index contributed by atoms with van der Waals surface area (Å²) in [6.45, 7) is 0. The molecular formula is C18H18ClNO2S. The second-order valence-electron chi connectivity index (χ2n) is 6.43. The minimum absolute atomic E-state index is 0.682. The van der Waals surface area contributed by atoms with Crippen molar-refractivity contribution in [3.63, 3.8) is 0 Å². The first-order chi connectivity index (χ1) is 11.0. The van der Waals surface area contributed by atoms with Crippen LogP contribution in [0.4, 0.5) is 5.69 Å². The average Bonchev–Trinajstić information content (AvgIpc) is 2.75. The number of sulfonamides is 1. The lowest BCUT2D eigenvalue weighted by Gasteiger charge is -2.32. The topological polar surface area (TPSA) is 46.2 Å². The highest BCUT2D eigenvalue weighted by molar-refractivity contribution is 7.94. The number of rotatable bonds is 1. The molecule has 0 unspecified atom stereocenters. The van der Waals surface area contributed by atoms with E-state index in [9.17, 15) is 8.42 Å². The Bertz CT molecular complexity index is 870. The molecule has 0 atom stereocenters. The first-order valence-corrected chi connectivity index (χ1v) is 9.81. The molecule has 1 N–H and O–H groups in total. The van der Waals surface area contributed by atoms with Gasteiger partial charge in [-0.15, -0.1) is 0 Å². The average molecular weight is 348 g/mol. The summed E-state index contributed by atoms with van der Waals surface area (Å²) in [6, 6.07) is 13.5. The lowest BCUT2D eigenvalue weighted by atomic mass is 9.81. The van der Waals surface area contributed by atoms with Crippen molar-refractivity contribution >= 4 is 27.3 Å². The van der Waals surface area contributed by atoms with Crippen LogP contribution in [0.1, 0.15) is 37.7 Å². The molecule has 0 saturated heterocycles. The third kappa shape index (κ3) is 2.27. The lowest BCUT2D eigenvalue weighted by Crippen LogP contribution is -2.36. The van der Waals surface area contributed by atoms with Crippen molar-refractivity contribution < 1.29 is 8.42 Å². The Labute approximate surface area is 141 Å². The van der Waals surface area contributed by atoms with E-state index in [2.05, 4.69) is 4.72 Å². The quantitative estimate of drug-likeness (QED) is 0.795. The zero-order valence-electron chi connectivity index (χ0n) is 12.7. The zero-order valence-corrected chi connectivity index (χ0v) is 14.3. The Kier molecular flexibility index (Phi) is 3.43. The molecule has 0 aromatic heterocycles. The highest BCUT2D eigenvalue weighted by Gasteiger charge is 2.52. The van der Waals surface area contributed by atoms with Crippen LogP contribution in [0.15, 0.2) is 42.5 Å². The van der Waals surface area contributed by atoms with Gasteiger partial charge in [0.05, 0.1) is 5.69 Å². The normalized spacial score (nSPS) is 20.9. The summed E-state index contributed by atoms with van der Waals surface area (Å²) in [5, 5.41) is 0.682. The summed E-state index contributed by atoms with van der Waals surface area (Å²) in [6.07, 6.45) is 4.44. The second kappa shape index (κ2) is 5.25. The van der Waals surface area contributed by atoms with E-state index in [1.54, 1.807) is 0 Å². The number of hydrogen-bond acceptors (Lipinski definition) is 2. The van der Waals surface area contributed by atoms with E-state index in [1.807, 2.05) is 42.5 Å². The maximum absolute atomic E-state index is 12.8. The van der Waals surface area contributed by atoms with Crippen LogP contribution >= 0.6 is 11.6 Å². The molecule has 2 aromatic carbocycles. The number of anilines is 1. The van der Waals surface area contributed by atoms with Gasteiger partial charge in [-0.1, -0.05) is 49.1 Å². The molecule has 2 aliphatic rings. The Morgan fingerprint density at radius 2 is 1.70 bits per heavy atom. The summed E-state index contributed by atoms with van der Waals surface area (Å²) in [5.74, 6) is 0. The number of halogens is 1. The first kappa shape index (κ1) is 15.0. The minimum Gasteiger partial charge on any atom is -0.282 e. The molecule has 120 valence electrons. The summed E-state index contributed by atoms with van der Waals surface area (Å²) >= 11 is 6.09. The van der Waals surface area contributed by atoms with Gasteiger partial charge in [0, 0.05) is 5.02 Å². The molecule has 5 heteroatoms. The summed E-state index contributed by atoms with van der Waals surface area (Å²) in [4.78, 5) is 0. The maximum atomic E-state index is 12.8. The highest BCUT2D eigenvalue weighted by Crippen LogP contribution is 2.52. The van der Waals surface area contributed by atoms with Crippen molar-refractivity contribution in [1.29, 1.82) is 0 Å². The van der Waals surface area contributed by atoms with Gasteiger partial charge in [0.15, 0.2) is 0 Å². The minimum atomic E-state index is -3.35. The van der Waals surface area contributed by atoms with E-state index in [1.165, 1.54) is 0 Å². The fraction of sp³-hybridized carbons (Fsp3) is 0.333. The van der Waals surface area contributed by atoms with Gasteiger partial charge in [-0.25, -0.2) is 8.42 Å². The fourth-order valence-electron chi connectivity index (χ4n) is 3.91. The molecule has 2 aromatic rings. The van der Waals surface area contributed by atoms with E-state index in [-0.39, 0.29) is 0 Å². The first-order valence-electron chi connectivity index (χ1n) is 7.95. The Hall–Kier alpha value is -1.52. The van der Waals surface area contributed by atoms with Gasteiger partial charge >= 0.3 is 0 Å². The molecule has 1 saturated carbocycles. The van der Waals surface area contributed by atoms with Gasteiger partial charge in [0.1, 0.15) is 4.75 Å². The van der Waals surface area contributed by atoms with Crippen LogP contribution in [0, 0.1) is 0 Å². The predicted molar refractivity (Wildman–Crippen MR) is 94.2 cm³/mol. The van der Waals surface area contributed by atoms with Gasteiger partial charge in [0.25, 0.3) is 0 Å². The molecular weight excluding hydrogens is 330 g/mol. The van der Waals surface area contributed by atoms with Crippen molar-refractivity contribution in [2.75, 3.05) is 4.72 Å². The molecule has 0 bridgehead atoms. The van der Waals surface area contributed by atoms with E-state index in [0.717, 1.165) is 41.6 Å². The monoisotopic (exact) mass is 347 g/mol. The van der Waals surface area contributed by atoms with E-state index < -0.39 is 14.8 Å². The largest absolute Gasteiger partial charge is 0.282 e. The van der Waals surface area contributed by atoms with Crippen molar-refractivity contribution in [2.45, 2.75) is 36.9 Å². The fourth-order valence-corrected chi connectivity index (χ4v) is 6.04. The molecule has 1 aliphatic carbocycles. The van der Waals surface area contributed by atoms with Crippen LogP contribution in [-0.4, -0.2) is 8.42 Å². The van der Waals surface area contributed by atoms with Gasteiger partial charge in [-0.3, -0.25) is 4.72 Å². The summed E-state index contributed by atoms with van der Waals surface area (Å²) in [5.41, 5.74) is 3.68. The molecule has 3 nitrogen and oxygen atoms in total. The molecule has 1 fully saturated rings. The molecule has 0 amide bonds. The van der Waals surface area contributed by atoms with Crippen molar-refractivity contribution in [3.8, 4) is 11.1 Å². The van der Waals surface area contributed by atoms with Crippen LogP contribution in [-0.2, 0) is 14.8 Å². The van der Waals surface area contributed by atoms with Crippen molar-refractivity contribution in [2.24, 2.45) is 0 Å². The second-order valence-corrected chi connectivity index (χ2v) is 8.86. The number of nitrogens with one attached hydrogen (secondary N) is 1. The molecule has 1 heterocycles. The molecule has 0 radical (unpaired) electrons. The lowest BCUT2D eigenvalue weighted by molar-refractivity contribution is 0.387. The van der Waals surface area contributed by atoms with Crippen molar-refractivity contribution in [1.82, 2.24) is 0 Å². The third-order valence-corrected chi connectivity index (χ3v) is 7.47. The Balaban J connectivity index is 1.88. The summed E-state index contributed by atoms with van der Waals surface area (Å²) < 4.78 is 27.5. The van der Waals surface area contributed by atoms with Gasteiger partial charge in [-0.05, 0) is 53.8 Å². The van der Waals surface area contributed by atoms with Crippen LogP contribution in [0.25, 0.3) is 11.1 Å². The maximum Gasteiger partial charge on any atom is 0.242 e. The standard InChI is InChI=1S/C18H18ClNO2S/c19-15-6-4-5-13(11-15)14-7-8-17-16(12-14)18(23(21,22)20-17)9-2-1-3-10-18/h4-8,11-12,20H,1-3,9-10H2. The zero-order chi connectivity index (χ0) is 16.1. The van der Waals surface area contributed by atoms with Gasteiger partial charge in [-0.2, -0.15) is 0 Å². The predicted octanol–water partition coefficient (Wildman–Crippen LogP) is 4.92. The SMILES string of the molecule is O=S1(=O)Nc2ccc(-c3cccc(Cl)c3)cc2C12CCCCC2. The van der Waals surface area contributed by atoms with Crippen LogP contribution in [0.2, 0.25) is 5.02 Å². The number of fused-ring (bicyclic) bond motifs is 2. The molecule has 1 aliphatic heterocycles. The number of hydrogen-bond donors (Lipinski definition) is 1. The van der Waals surface area contributed by atoms with Crippen LogP contribution in [0.5, 0.6) is 0 Å². The molecule has 4 rings (SSSR count). The van der Waals surface area contributed by atoms with Crippen LogP contribution in [0.3, 0.4) is 0 Å². The van der Waals surface area contributed by atoms with Gasteiger partial charge in [0.2, 0.25) is 10.0 Å². The smallest absolute Gasteiger partial charge is 0.242 e.